The summed E-state index contributed by atoms with van der Waals surface area (Å²) in [5.41, 5.74) is 0.881. The largest absolute Gasteiger partial charge is 0.369 e. The molecule has 1 N–H and O–H groups in total. The molecule has 1 aromatic carbocycles. The molecule has 1 atom stereocenters. The topological polar surface area (TPSA) is 39.1 Å². The van der Waals surface area contributed by atoms with Crippen LogP contribution in [0.1, 0.15) is 31.7 Å². The molecule has 4 heteroatoms. The molecule has 1 fully saturated rings. The Hall–Kier alpha value is -1.60. The first-order valence-corrected chi connectivity index (χ1v) is 6.93. The quantitative estimate of drug-likeness (QED) is 0.885. The van der Waals surface area contributed by atoms with E-state index < -0.39 is 5.82 Å². The third-order valence-electron chi connectivity index (χ3n) is 3.54. The molecule has 0 saturated carbocycles. The fraction of sp³-hybridized carbons (Fsp3) is 0.533. The summed E-state index contributed by atoms with van der Waals surface area (Å²) in [6, 6.07) is 7.30. The number of nitrogens with zero attached hydrogens (tertiary/aromatic N) is 2. The maximum absolute atomic E-state index is 13.7. The molecule has 0 aliphatic carbocycles. The van der Waals surface area contributed by atoms with E-state index in [2.05, 4.69) is 17.1 Å². The van der Waals surface area contributed by atoms with Crippen molar-refractivity contribution in [3.8, 4) is 6.07 Å². The van der Waals surface area contributed by atoms with Crippen LogP contribution in [0.25, 0.3) is 0 Å². The zero-order valence-electron chi connectivity index (χ0n) is 11.3. The van der Waals surface area contributed by atoms with Crippen molar-refractivity contribution in [2.45, 2.75) is 32.2 Å². The highest BCUT2D eigenvalue weighted by Gasteiger charge is 2.20. The van der Waals surface area contributed by atoms with E-state index in [1.54, 1.807) is 6.07 Å². The Kier molecular flexibility index (Phi) is 4.75. The van der Waals surface area contributed by atoms with E-state index in [0.29, 0.717) is 6.04 Å². The maximum Gasteiger partial charge on any atom is 0.143 e. The second-order valence-electron chi connectivity index (χ2n) is 4.99. The Labute approximate surface area is 114 Å². The van der Waals surface area contributed by atoms with E-state index in [4.69, 9.17) is 5.26 Å². The lowest BCUT2D eigenvalue weighted by molar-refractivity contribution is 0.575. The van der Waals surface area contributed by atoms with Crippen LogP contribution in [0.3, 0.4) is 0 Å². The van der Waals surface area contributed by atoms with Crippen LogP contribution in [-0.2, 0) is 0 Å². The molecule has 1 unspecified atom stereocenters. The predicted molar refractivity (Wildman–Crippen MR) is 74.6 cm³/mol. The van der Waals surface area contributed by atoms with Gasteiger partial charge in [-0.3, -0.25) is 0 Å². The minimum atomic E-state index is -0.430. The summed E-state index contributed by atoms with van der Waals surface area (Å²) in [5.74, 6) is -0.430. The highest BCUT2D eigenvalue weighted by atomic mass is 19.1. The average molecular weight is 261 g/mol. The summed E-state index contributed by atoms with van der Waals surface area (Å²) < 4.78 is 13.7. The van der Waals surface area contributed by atoms with Crippen molar-refractivity contribution in [3.05, 3.63) is 29.6 Å². The van der Waals surface area contributed by atoms with Crippen LogP contribution in [0.15, 0.2) is 18.2 Å². The summed E-state index contributed by atoms with van der Waals surface area (Å²) in [5, 5.41) is 12.6. The van der Waals surface area contributed by atoms with Crippen molar-refractivity contribution in [1.82, 2.24) is 5.32 Å². The van der Waals surface area contributed by atoms with Crippen LogP contribution in [-0.4, -0.2) is 25.7 Å². The summed E-state index contributed by atoms with van der Waals surface area (Å²) in [4.78, 5) is 2.13. The lowest BCUT2D eigenvalue weighted by Gasteiger charge is -2.28. The molecule has 0 amide bonds. The van der Waals surface area contributed by atoms with Gasteiger partial charge >= 0.3 is 0 Å². The van der Waals surface area contributed by atoms with E-state index in [-0.39, 0.29) is 5.56 Å². The highest BCUT2D eigenvalue weighted by Crippen LogP contribution is 2.24. The Morgan fingerprint density at radius 3 is 3.00 bits per heavy atom. The van der Waals surface area contributed by atoms with Crippen LogP contribution in [0.2, 0.25) is 0 Å². The summed E-state index contributed by atoms with van der Waals surface area (Å²) in [6.07, 6.45) is 3.32. The number of rotatable bonds is 5. The van der Waals surface area contributed by atoms with Crippen molar-refractivity contribution in [1.29, 1.82) is 5.26 Å². The SMILES string of the molecule is CCCN(CC1CCCN1)c1cccc(F)c1C#N. The summed E-state index contributed by atoms with van der Waals surface area (Å²) in [6.45, 7) is 4.83. The van der Waals surface area contributed by atoms with Gasteiger partial charge in [0.2, 0.25) is 0 Å². The molecule has 1 saturated heterocycles. The number of hydrogen-bond acceptors (Lipinski definition) is 3. The van der Waals surface area contributed by atoms with E-state index >= 15 is 0 Å². The summed E-state index contributed by atoms with van der Waals surface area (Å²) in [7, 11) is 0. The van der Waals surface area contributed by atoms with E-state index in [1.807, 2.05) is 12.1 Å². The molecule has 0 spiro atoms. The van der Waals surface area contributed by atoms with E-state index in [0.717, 1.165) is 38.2 Å². The molecule has 1 heterocycles. The van der Waals surface area contributed by atoms with Crippen molar-refractivity contribution < 1.29 is 4.39 Å². The molecule has 1 aromatic rings. The van der Waals surface area contributed by atoms with Crippen LogP contribution >= 0.6 is 0 Å². The molecule has 0 aromatic heterocycles. The lowest BCUT2D eigenvalue weighted by atomic mass is 10.1. The standard InChI is InChI=1S/C15H20FN3/c1-2-9-19(11-12-5-4-8-18-12)15-7-3-6-14(16)13(15)10-17/h3,6-7,12,18H,2,4-5,8-9,11H2,1H3. The number of hydrogen-bond donors (Lipinski definition) is 1. The molecule has 0 radical (unpaired) electrons. The van der Waals surface area contributed by atoms with Gasteiger partial charge in [0.1, 0.15) is 17.4 Å². The van der Waals surface area contributed by atoms with Gasteiger partial charge in [-0.2, -0.15) is 5.26 Å². The molecule has 1 aliphatic heterocycles. The van der Waals surface area contributed by atoms with Gasteiger partial charge in [-0.15, -0.1) is 0 Å². The zero-order chi connectivity index (χ0) is 13.7. The fourth-order valence-electron chi connectivity index (χ4n) is 2.65. The number of benzene rings is 1. The molecule has 3 nitrogen and oxygen atoms in total. The van der Waals surface area contributed by atoms with Gasteiger partial charge < -0.3 is 10.2 Å². The molecule has 2 rings (SSSR count). The maximum atomic E-state index is 13.7. The van der Waals surface area contributed by atoms with Crippen molar-refractivity contribution in [3.63, 3.8) is 0 Å². The normalized spacial score (nSPS) is 18.3. The molecular weight excluding hydrogens is 241 g/mol. The number of nitrogens with one attached hydrogen (secondary N) is 1. The van der Waals surface area contributed by atoms with Crippen molar-refractivity contribution in [2.24, 2.45) is 0 Å². The van der Waals surface area contributed by atoms with Crippen LogP contribution < -0.4 is 10.2 Å². The Balaban J connectivity index is 2.22. The third kappa shape index (κ3) is 3.24. The highest BCUT2D eigenvalue weighted by molar-refractivity contribution is 5.60. The second-order valence-corrected chi connectivity index (χ2v) is 4.99. The number of anilines is 1. The molecule has 102 valence electrons. The van der Waals surface area contributed by atoms with Gasteiger partial charge in [0.05, 0.1) is 5.69 Å². The van der Waals surface area contributed by atoms with E-state index in [9.17, 15) is 4.39 Å². The molecule has 0 bridgehead atoms. The first-order chi connectivity index (χ1) is 9.26. The van der Waals surface area contributed by atoms with Crippen LogP contribution in [0.5, 0.6) is 0 Å². The first kappa shape index (κ1) is 13.8. The number of nitriles is 1. The second kappa shape index (κ2) is 6.53. The number of halogens is 1. The zero-order valence-corrected chi connectivity index (χ0v) is 11.3. The van der Waals surface area contributed by atoms with E-state index in [1.165, 1.54) is 12.5 Å². The van der Waals surface area contributed by atoms with Gasteiger partial charge in [0.15, 0.2) is 0 Å². The van der Waals surface area contributed by atoms with Gasteiger partial charge in [-0.1, -0.05) is 13.0 Å². The average Bonchev–Trinajstić information content (AvgIpc) is 2.91. The first-order valence-electron chi connectivity index (χ1n) is 6.93. The lowest BCUT2D eigenvalue weighted by Crippen LogP contribution is -2.38. The van der Waals surface area contributed by atoms with Crippen LogP contribution in [0, 0.1) is 17.1 Å². The van der Waals surface area contributed by atoms with Crippen molar-refractivity contribution >= 4 is 5.69 Å². The Morgan fingerprint density at radius 1 is 1.53 bits per heavy atom. The van der Waals surface area contributed by atoms with Crippen LogP contribution in [0.4, 0.5) is 10.1 Å². The predicted octanol–water partition coefficient (Wildman–Crippen LogP) is 2.67. The molecular formula is C15H20FN3. The summed E-state index contributed by atoms with van der Waals surface area (Å²) >= 11 is 0. The minimum absolute atomic E-state index is 0.161. The molecule has 1 aliphatic rings. The third-order valence-corrected chi connectivity index (χ3v) is 3.54. The van der Waals surface area contributed by atoms with Crippen molar-refractivity contribution in [2.75, 3.05) is 24.5 Å². The smallest absolute Gasteiger partial charge is 0.143 e. The van der Waals surface area contributed by atoms with Gasteiger partial charge in [0, 0.05) is 19.1 Å². The fourth-order valence-corrected chi connectivity index (χ4v) is 2.65. The van der Waals surface area contributed by atoms with Gasteiger partial charge in [0.25, 0.3) is 0 Å². The Morgan fingerprint density at radius 2 is 2.37 bits per heavy atom. The molecule has 19 heavy (non-hydrogen) atoms. The minimum Gasteiger partial charge on any atom is -0.369 e. The van der Waals surface area contributed by atoms with Gasteiger partial charge in [-0.05, 0) is 37.9 Å². The van der Waals surface area contributed by atoms with Gasteiger partial charge in [-0.25, -0.2) is 4.39 Å². The monoisotopic (exact) mass is 261 g/mol. The Bertz CT molecular complexity index is 461.